The van der Waals surface area contributed by atoms with Crippen LogP contribution in [0.4, 0.5) is 15.8 Å². The number of phenols is 1. The number of aromatic hydroxyl groups is 1. The number of hydrogen-bond acceptors (Lipinski definition) is 4. The van der Waals surface area contributed by atoms with Gasteiger partial charge in [0.25, 0.3) is 0 Å². The molecule has 1 aliphatic rings. The summed E-state index contributed by atoms with van der Waals surface area (Å²) in [5, 5.41) is 11.9. The van der Waals surface area contributed by atoms with E-state index >= 15 is 0 Å². The van der Waals surface area contributed by atoms with Crippen LogP contribution < -0.4 is 10.2 Å². The molecule has 3 rings (SSSR count). The predicted octanol–water partition coefficient (Wildman–Crippen LogP) is 1.82. The van der Waals surface area contributed by atoms with E-state index in [0.717, 1.165) is 0 Å². The van der Waals surface area contributed by atoms with Crippen LogP contribution in [0.25, 0.3) is 0 Å². The first-order chi connectivity index (χ1) is 12.0. The van der Waals surface area contributed by atoms with E-state index in [9.17, 15) is 19.1 Å². The summed E-state index contributed by atoms with van der Waals surface area (Å²) in [5.41, 5.74) is 0.849. The standard InChI is InChI=1S/C18H18FN3O3/c19-15-6-1-2-7-16(15)21-8-10-22(11-9-21)18(25)17(24)20-13-4-3-5-14(23)12-13/h1-7,12,23H,8-11H2,(H,20,24). The number of anilines is 2. The Labute approximate surface area is 144 Å². The highest BCUT2D eigenvalue weighted by molar-refractivity contribution is 6.39. The monoisotopic (exact) mass is 343 g/mol. The third kappa shape index (κ3) is 3.88. The molecule has 2 aromatic carbocycles. The Kier molecular flexibility index (Phi) is 4.83. The summed E-state index contributed by atoms with van der Waals surface area (Å²) in [6, 6.07) is 12.5. The van der Waals surface area contributed by atoms with Gasteiger partial charge in [-0.25, -0.2) is 4.39 Å². The van der Waals surface area contributed by atoms with Crippen LogP contribution >= 0.6 is 0 Å². The Hall–Kier alpha value is -3.09. The molecule has 1 aliphatic heterocycles. The van der Waals surface area contributed by atoms with Crippen molar-refractivity contribution >= 4 is 23.2 Å². The van der Waals surface area contributed by atoms with Crippen LogP contribution in [0.3, 0.4) is 0 Å². The first kappa shape index (κ1) is 16.8. The first-order valence-corrected chi connectivity index (χ1v) is 7.93. The number of carbonyl (C=O) groups is 2. The average molecular weight is 343 g/mol. The molecule has 2 amide bonds. The minimum Gasteiger partial charge on any atom is -0.508 e. The summed E-state index contributed by atoms with van der Waals surface area (Å²) < 4.78 is 13.8. The van der Waals surface area contributed by atoms with Crippen LogP contribution in [-0.2, 0) is 9.59 Å². The fourth-order valence-corrected chi connectivity index (χ4v) is 2.77. The molecule has 0 bridgehead atoms. The second kappa shape index (κ2) is 7.21. The number of phenolic OH excluding ortho intramolecular Hbond substituents is 1. The average Bonchev–Trinajstić information content (AvgIpc) is 2.62. The zero-order chi connectivity index (χ0) is 17.8. The Morgan fingerprint density at radius 3 is 2.40 bits per heavy atom. The van der Waals surface area contributed by atoms with E-state index in [1.54, 1.807) is 30.3 Å². The Morgan fingerprint density at radius 2 is 1.72 bits per heavy atom. The lowest BCUT2D eigenvalue weighted by Crippen LogP contribution is -2.51. The summed E-state index contributed by atoms with van der Waals surface area (Å²) in [4.78, 5) is 27.6. The molecule has 1 heterocycles. The maximum atomic E-state index is 13.8. The molecule has 7 heteroatoms. The normalized spacial score (nSPS) is 14.3. The fraction of sp³-hybridized carbons (Fsp3) is 0.222. The molecule has 25 heavy (non-hydrogen) atoms. The fourth-order valence-electron chi connectivity index (χ4n) is 2.77. The van der Waals surface area contributed by atoms with Gasteiger partial charge in [-0.15, -0.1) is 0 Å². The maximum Gasteiger partial charge on any atom is 0.313 e. The molecule has 6 nitrogen and oxygen atoms in total. The highest BCUT2D eigenvalue weighted by Crippen LogP contribution is 2.20. The number of halogens is 1. The molecule has 0 spiro atoms. The van der Waals surface area contributed by atoms with Gasteiger partial charge in [0.05, 0.1) is 5.69 Å². The van der Waals surface area contributed by atoms with Crippen LogP contribution in [0, 0.1) is 5.82 Å². The van der Waals surface area contributed by atoms with E-state index in [2.05, 4.69) is 5.32 Å². The highest BCUT2D eigenvalue weighted by atomic mass is 19.1. The Balaban J connectivity index is 1.58. The molecule has 0 saturated carbocycles. The number of nitrogens with one attached hydrogen (secondary N) is 1. The van der Waals surface area contributed by atoms with Crippen molar-refractivity contribution in [3.63, 3.8) is 0 Å². The van der Waals surface area contributed by atoms with E-state index in [1.807, 2.05) is 4.90 Å². The molecule has 1 fully saturated rings. The van der Waals surface area contributed by atoms with Gasteiger partial charge in [0, 0.05) is 37.9 Å². The van der Waals surface area contributed by atoms with Gasteiger partial charge in [-0.1, -0.05) is 18.2 Å². The van der Waals surface area contributed by atoms with E-state index in [0.29, 0.717) is 37.6 Å². The van der Waals surface area contributed by atoms with Crippen molar-refractivity contribution in [3.05, 3.63) is 54.3 Å². The summed E-state index contributed by atoms with van der Waals surface area (Å²) in [5.74, 6) is -1.70. The SMILES string of the molecule is O=C(Nc1cccc(O)c1)C(=O)N1CCN(c2ccccc2F)CC1. The van der Waals surface area contributed by atoms with Crippen molar-refractivity contribution in [2.45, 2.75) is 0 Å². The third-order valence-electron chi connectivity index (χ3n) is 4.06. The van der Waals surface area contributed by atoms with Crippen molar-refractivity contribution < 1.29 is 19.1 Å². The van der Waals surface area contributed by atoms with Gasteiger partial charge in [0.2, 0.25) is 0 Å². The Bertz CT molecular complexity index is 789. The lowest BCUT2D eigenvalue weighted by molar-refractivity contribution is -0.143. The van der Waals surface area contributed by atoms with Crippen LogP contribution in [0.15, 0.2) is 48.5 Å². The topological polar surface area (TPSA) is 72.9 Å². The van der Waals surface area contributed by atoms with E-state index in [-0.39, 0.29) is 11.6 Å². The summed E-state index contributed by atoms with van der Waals surface area (Å²) in [6.45, 7) is 1.57. The third-order valence-corrected chi connectivity index (χ3v) is 4.06. The van der Waals surface area contributed by atoms with Crippen LogP contribution in [0.5, 0.6) is 5.75 Å². The van der Waals surface area contributed by atoms with E-state index in [4.69, 9.17) is 0 Å². The van der Waals surface area contributed by atoms with E-state index in [1.165, 1.54) is 23.1 Å². The van der Waals surface area contributed by atoms with Crippen molar-refractivity contribution in [1.82, 2.24) is 4.90 Å². The first-order valence-electron chi connectivity index (χ1n) is 7.93. The van der Waals surface area contributed by atoms with Gasteiger partial charge in [-0.3, -0.25) is 9.59 Å². The van der Waals surface area contributed by atoms with Gasteiger partial charge in [-0.2, -0.15) is 0 Å². The van der Waals surface area contributed by atoms with Crippen molar-refractivity contribution in [2.24, 2.45) is 0 Å². The van der Waals surface area contributed by atoms with Crippen molar-refractivity contribution in [1.29, 1.82) is 0 Å². The number of nitrogens with zero attached hydrogens (tertiary/aromatic N) is 2. The minimum atomic E-state index is -0.759. The van der Waals surface area contributed by atoms with Gasteiger partial charge >= 0.3 is 11.8 Å². The van der Waals surface area contributed by atoms with Gasteiger partial charge < -0.3 is 20.2 Å². The van der Waals surface area contributed by atoms with Crippen LogP contribution in [0.2, 0.25) is 0 Å². The molecule has 0 aliphatic carbocycles. The zero-order valence-electron chi connectivity index (χ0n) is 13.5. The summed E-state index contributed by atoms with van der Waals surface area (Å²) in [7, 11) is 0. The molecule has 0 radical (unpaired) electrons. The Morgan fingerprint density at radius 1 is 1.00 bits per heavy atom. The quantitative estimate of drug-likeness (QED) is 0.816. The van der Waals surface area contributed by atoms with E-state index < -0.39 is 11.8 Å². The molecule has 130 valence electrons. The second-order valence-corrected chi connectivity index (χ2v) is 5.74. The van der Waals surface area contributed by atoms with Crippen LogP contribution in [0.1, 0.15) is 0 Å². The smallest absolute Gasteiger partial charge is 0.313 e. The molecule has 2 N–H and O–H groups in total. The van der Waals surface area contributed by atoms with Gasteiger partial charge in [0.15, 0.2) is 0 Å². The summed E-state index contributed by atoms with van der Waals surface area (Å²) in [6.07, 6.45) is 0. The highest BCUT2D eigenvalue weighted by Gasteiger charge is 2.27. The largest absolute Gasteiger partial charge is 0.508 e. The zero-order valence-corrected chi connectivity index (χ0v) is 13.5. The molecule has 1 saturated heterocycles. The minimum absolute atomic E-state index is 0.00347. The van der Waals surface area contributed by atoms with Crippen molar-refractivity contribution in [3.8, 4) is 5.75 Å². The lowest BCUT2D eigenvalue weighted by Gasteiger charge is -2.35. The summed E-state index contributed by atoms with van der Waals surface area (Å²) >= 11 is 0. The number of hydrogen-bond donors (Lipinski definition) is 2. The van der Waals surface area contributed by atoms with Gasteiger partial charge in [-0.05, 0) is 24.3 Å². The molecule has 0 aromatic heterocycles. The number of piperazine rings is 1. The number of amides is 2. The van der Waals surface area contributed by atoms with Crippen molar-refractivity contribution in [2.75, 3.05) is 36.4 Å². The molecular weight excluding hydrogens is 325 g/mol. The number of benzene rings is 2. The number of para-hydroxylation sites is 1. The molecular formula is C18H18FN3O3. The predicted molar refractivity (Wildman–Crippen MR) is 91.9 cm³/mol. The molecule has 0 atom stereocenters. The van der Waals surface area contributed by atoms with Crippen LogP contribution in [-0.4, -0.2) is 48.0 Å². The number of carbonyl (C=O) groups excluding carboxylic acids is 2. The number of rotatable bonds is 2. The maximum absolute atomic E-state index is 13.8. The molecule has 2 aromatic rings. The lowest BCUT2D eigenvalue weighted by atomic mass is 10.2. The molecule has 0 unspecified atom stereocenters. The second-order valence-electron chi connectivity index (χ2n) is 5.74. The van der Waals surface area contributed by atoms with Gasteiger partial charge in [0.1, 0.15) is 11.6 Å².